The van der Waals surface area contributed by atoms with E-state index in [0.29, 0.717) is 6.42 Å². The van der Waals surface area contributed by atoms with Crippen molar-refractivity contribution in [2.75, 3.05) is 16.8 Å². The van der Waals surface area contributed by atoms with Gasteiger partial charge in [-0.25, -0.2) is 4.90 Å². The predicted molar refractivity (Wildman–Crippen MR) is 81.3 cm³/mol. The molecule has 4 heteroatoms. The van der Waals surface area contributed by atoms with Crippen molar-refractivity contribution in [1.82, 2.24) is 0 Å². The molecule has 4 nitrogen and oxygen atoms in total. The molecule has 0 atom stereocenters. The first-order chi connectivity index (χ1) is 10.2. The summed E-state index contributed by atoms with van der Waals surface area (Å²) < 4.78 is 0. The highest BCUT2D eigenvalue weighted by atomic mass is 16.2. The Balaban J connectivity index is 1.70. The largest absolute Gasteiger partial charge is 0.385 e. The number of fused-ring (bicyclic) bond motifs is 1. The first-order valence-corrected chi connectivity index (χ1v) is 7.94. The third kappa shape index (κ3) is 1.88. The number of benzene rings is 1. The van der Waals surface area contributed by atoms with Crippen LogP contribution in [-0.2, 0) is 16.0 Å². The van der Waals surface area contributed by atoms with Crippen LogP contribution in [0, 0.1) is 5.41 Å². The lowest BCUT2D eigenvalue weighted by atomic mass is 9.84. The van der Waals surface area contributed by atoms with Crippen LogP contribution in [-0.4, -0.2) is 18.4 Å². The van der Waals surface area contributed by atoms with Crippen molar-refractivity contribution in [3.05, 3.63) is 23.8 Å². The minimum Gasteiger partial charge on any atom is -0.385 e. The monoisotopic (exact) mass is 284 g/mol. The number of rotatable bonds is 1. The van der Waals surface area contributed by atoms with Gasteiger partial charge in [-0.1, -0.05) is 18.9 Å². The molecule has 3 aliphatic rings. The highest BCUT2D eigenvalue weighted by Crippen LogP contribution is 2.48. The molecule has 2 fully saturated rings. The maximum atomic E-state index is 12.8. The number of imide groups is 1. The van der Waals surface area contributed by atoms with Crippen molar-refractivity contribution < 1.29 is 9.59 Å². The summed E-state index contributed by atoms with van der Waals surface area (Å²) in [5.74, 6) is -0.00146. The second kappa shape index (κ2) is 4.58. The van der Waals surface area contributed by atoms with E-state index in [1.165, 1.54) is 10.5 Å². The number of hydrogen-bond donors (Lipinski definition) is 1. The summed E-state index contributed by atoms with van der Waals surface area (Å²) >= 11 is 0. The maximum Gasteiger partial charge on any atom is 0.240 e. The molecule has 1 spiro atoms. The molecular formula is C17H20N2O2. The summed E-state index contributed by atoms with van der Waals surface area (Å²) in [4.78, 5) is 26.6. The van der Waals surface area contributed by atoms with Gasteiger partial charge in [0.2, 0.25) is 11.8 Å². The number of aryl methyl sites for hydroxylation is 1. The van der Waals surface area contributed by atoms with Crippen molar-refractivity contribution in [3.63, 3.8) is 0 Å². The van der Waals surface area contributed by atoms with Crippen molar-refractivity contribution in [1.29, 1.82) is 0 Å². The van der Waals surface area contributed by atoms with E-state index in [0.717, 1.165) is 56.4 Å². The van der Waals surface area contributed by atoms with E-state index in [-0.39, 0.29) is 17.2 Å². The Bertz CT molecular complexity index is 617. The fourth-order valence-electron chi connectivity index (χ4n) is 4.09. The lowest BCUT2D eigenvalue weighted by Gasteiger charge is -2.23. The molecule has 0 bridgehead atoms. The molecule has 110 valence electrons. The molecule has 2 aliphatic heterocycles. The summed E-state index contributed by atoms with van der Waals surface area (Å²) in [5.41, 5.74) is 2.70. The van der Waals surface area contributed by atoms with Gasteiger partial charge in [-0.05, 0) is 43.4 Å². The number of nitrogens with one attached hydrogen (secondary N) is 1. The Hall–Kier alpha value is -1.84. The third-order valence-electron chi connectivity index (χ3n) is 5.25. The predicted octanol–water partition coefficient (Wildman–Crippen LogP) is 2.87. The van der Waals surface area contributed by atoms with Crippen LogP contribution in [0.15, 0.2) is 18.2 Å². The van der Waals surface area contributed by atoms with Gasteiger partial charge >= 0.3 is 0 Å². The van der Waals surface area contributed by atoms with Crippen molar-refractivity contribution in [2.24, 2.45) is 5.41 Å². The van der Waals surface area contributed by atoms with Gasteiger partial charge in [0.15, 0.2) is 0 Å². The summed E-state index contributed by atoms with van der Waals surface area (Å²) in [6.07, 6.45) is 6.48. The molecule has 0 radical (unpaired) electrons. The Kier molecular flexibility index (Phi) is 2.81. The second-order valence-corrected chi connectivity index (χ2v) is 6.57. The standard InChI is InChI=1S/C17H20N2O2/c20-15-11-17(7-1-2-8-17)16(21)19(15)13-6-5-12-4-3-9-18-14(12)10-13/h5-6,10,18H,1-4,7-9,11H2. The highest BCUT2D eigenvalue weighted by Gasteiger charge is 2.53. The molecule has 1 saturated heterocycles. The van der Waals surface area contributed by atoms with Gasteiger partial charge in [-0.2, -0.15) is 0 Å². The van der Waals surface area contributed by atoms with Gasteiger partial charge < -0.3 is 5.32 Å². The van der Waals surface area contributed by atoms with Gasteiger partial charge in [0.1, 0.15) is 0 Å². The lowest BCUT2D eigenvalue weighted by Crippen LogP contribution is -2.34. The summed E-state index contributed by atoms with van der Waals surface area (Å²) in [6, 6.07) is 5.95. The van der Waals surface area contributed by atoms with Crippen LogP contribution < -0.4 is 10.2 Å². The molecule has 1 aromatic rings. The SMILES string of the molecule is O=C1CC2(CCCC2)C(=O)N1c1ccc2c(c1)NCCC2. The van der Waals surface area contributed by atoms with Gasteiger partial charge in [0.25, 0.3) is 0 Å². The van der Waals surface area contributed by atoms with Crippen LogP contribution in [0.2, 0.25) is 0 Å². The summed E-state index contributed by atoms with van der Waals surface area (Å²) in [7, 11) is 0. The van der Waals surface area contributed by atoms with E-state index in [9.17, 15) is 9.59 Å². The highest BCUT2D eigenvalue weighted by molar-refractivity contribution is 6.22. The van der Waals surface area contributed by atoms with Crippen molar-refractivity contribution in [2.45, 2.75) is 44.9 Å². The first-order valence-electron chi connectivity index (χ1n) is 7.94. The molecule has 1 saturated carbocycles. The zero-order chi connectivity index (χ0) is 14.4. The maximum absolute atomic E-state index is 12.8. The zero-order valence-corrected chi connectivity index (χ0v) is 12.2. The Morgan fingerprint density at radius 3 is 2.71 bits per heavy atom. The van der Waals surface area contributed by atoms with Crippen LogP contribution in [0.3, 0.4) is 0 Å². The number of carbonyl (C=O) groups excluding carboxylic acids is 2. The molecule has 0 aromatic heterocycles. The topological polar surface area (TPSA) is 49.4 Å². The smallest absolute Gasteiger partial charge is 0.240 e. The normalized spacial score (nSPS) is 23.5. The molecular weight excluding hydrogens is 264 g/mol. The quantitative estimate of drug-likeness (QED) is 0.807. The van der Waals surface area contributed by atoms with E-state index in [4.69, 9.17) is 0 Å². The second-order valence-electron chi connectivity index (χ2n) is 6.57. The van der Waals surface area contributed by atoms with E-state index in [2.05, 4.69) is 11.4 Å². The minimum atomic E-state index is -0.388. The van der Waals surface area contributed by atoms with Crippen LogP contribution in [0.25, 0.3) is 0 Å². The van der Waals surface area contributed by atoms with Crippen molar-refractivity contribution >= 4 is 23.2 Å². The summed E-state index contributed by atoms with van der Waals surface area (Å²) in [6.45, 7) is 0.961. The lowest BCUT2D eigenvalue weighted by molar-refractivity contribution is -0.125. The number of nitrogens with zero attached hydrogens (tertiary/aromatic N) is 1. The molecule has 21 heavy (non-hydrogen) atoms. The number of amides is 2. The third-order valence-corrected chi connectivity index (χ3v) is 5.25. The number of hydrogen-bond acceptors (Lipinski definition) is 3. The molecule has 1 aliphatic carbocycles. The van der Waals surface area contributed by atoms with Crippen LogP contribution in [0.1, 0.15) is 44.1 Å². The molecule has 2 heterocycles. The molecule has 1 aromatic carbocycles. The molecule has 0 unspecified atom stereocenters. The average molecular weight is 284 g/mol. The van der Waals surface area contributed by atoms with E-state index < -0.39 is 0 Å². The fourth-order valence-corrected chi connectivity index (χ4v) is 4.09. The Labute approximate surface area is 124 Å². The van der Waals surface area contributed by atoms with E-state index in [1.54, 1.807) is 0 Å². The Morgan fingerprint density at radius 2 is 1.90 bits per heavy atom. The van der Waals surface area contributed by atoms with E-state index in [1.807, 2.05) is 12.1 Å². The van der Waals surface area contributed by atoms with Gasteiger partial charge in [0.05, 0.1) is 11.1 Å². The van der Waals surface area contributed by atoms with Crippen LogP contribution >= 0.6 is 0 Å². The van der Waals surface area contributed by atoms with Gasteiger partial charge in [0, 0.05) is 18.7 Å². The van der Waals surface area contributed by atoms with Crippen LogP contribution in [0.4, 0.5) is 11.4 Å². The van der Waals surface area contributed by atoms with Gasteiger partial charge in [-0.15, -0.1) is 0 Å². The zero-order valence-electron chi connectivity index (χ0n) is 12.2. The van der Waals surface area contributed by atoms with Crippen molar-refractivity contribution in [3.8, 4) is 0 Å². The number of carbonyl (C=O) groups is 2. The molecule has 1 N–H and O–H groups in total. The Morgan fingerprint density at radius 1 is 1.10 bits per heavy atom. The first kappa shape index (κ1) is 12.9. The van der Waals surface area contributed by atoms with Crippen LogP contribution in [0.5, 0.6) is 0 Å². The average Bonchev–Trinajstić information content (AvgIpc) is 3.05. The fraction of sp³-hybridized carbons (Fsp3) is 0.529. The summed E-state index contributed by atoms with van der Waals surface area (Å²) in [5, 5.41) is 3.37. The minimum absolute atomic E-state index is 0.0285. The number of anilines is 2. The van der Waals surface area contributed by atoms with Gasteiger partial charge in [-0.3, -0.25) is 9.59 Å². The molecule has 2 amide bonds. The van der Waals surface area contributed by atoms with E-state index >= 15 is 0 Å². The molecule has 4 rings (SSSR count).